The first kappa shape index (κ1) is 16.6. The lowest BCUT2D eigenvalue weighted by Crippen LogP contribution is -2.31. The van der Waals surface area contributed by atoms with Crippen molar-refractivity contribution in [3.63, 3.8) is 0 Å². The lowest BCUT2D eigenvalue weighted by Gasteiger charge is -2.31. The van der Waals surface area contributed by atoms with Gasteiger partial charge in [0.1, 0.15) is 0 Å². The summed E-state index contributed by atoms with van der Waals surface area (Å²) in [6.07, 6.45) is 2.72. The molecule has 0 saturated carbocycles. The fourth-order valence-corrected chi connectivity index (χ4v) is 3.01. The van der Waals surface area contributed by atoms with Gasteiger partial charge in [-0.05, 0) is 54.2 Å². The van der Waals surface area contributed by atoms with Gasteiger partial charge in [-0.25, -0.2) is 0 Å². The SMILES string of the molecule is CC(C)[C@@H]1C[C@@H](CC(=O)Nc2ccc(-c3nn[nH]n3)cc2)CCO1. The van der Waals surface area contributed by atoms with Gasteiger partial charge in [-0.1, -0.05) is 13.8 Å². The van der Waals surface area contributed by atoms with Crippen LogP contribution in [0.1, 0.15) is 33.1 Å². The van der Waals surface area contributed by atoms with Crippen LogP contribution in [0, 0.1) is 11.8 Å². The van der Waals surface area contributed by atoms with Crippen LogP contribution >= 0.6 is 0 Å². The number of ether oxygens (including phenoxy) is 1. The zero-order valence-corrected chi connectivity index (χ0v) is 14.0. The molecule has 1 aromatic carbocycles. The van der Waals surface area contributed by atoms with Crippen molar-refractivity contribution in [1.82, 2.24) is 20.6 Å². The third-order valence-corrected chi connectivity index (χ3v) is 4.41. The number of nitrogens with one attached hydrogen (secondary N) is 2. The predicted octanol–water partition coefficient (Wildman–Crippen LogP) is 2.65. The molecule has 1 fully saturated rings. The third-order valence-electron chi connectivity index (χ3n) is 4.41. The number of rotatable bonds is 5. The Morgan fingerprint density at radius 2 is 2.17 bits per heavy atom. The van der Waals surface area contributed by atoms with E-state index < -0.39 is 0 Å². The molecule has 1 aromatic heterocycles. The molecule has 7 nitrogen and oxygen atoms in total. The summed E-state index contributed by atoms with van der Waals surface area (Å²) in [5, 5.41) is 16.8. The van der Waals surface area contributed by atoms with Crippen LogP contribution in [-0.2, 0) is 9.53 Å². The van der Waals surface area contributed by atoms with Crippen LogP contribution in [-0.4, -0.2) is 39.2 Å². The zero-order valence-electron chi connectivity index (χ0n) is 14.0. The first-order valence-electron chi connectivity index (χ1n) is 8.37. The summed E-state index contributed by atoms with van der Waals surface area (Å²) in [5.41, 5.74) is 1.63. The molecular formula is C17H23N5O2. The maximum Gasteiger partial charge on any atom is 0.224 e. The molecular weight excluding hydrogens is 306 g/mol. The molecule has 0 bridgehead atoms. The van der Waals surface area contributed by atoms with Crippen molar-refractivity contribution in [2.45, 2.75) is 39.2 Å². The number of benzene rings is 1. The largest absolute Gasteiger partial charge is 0.378 e. The highest BCUT2D eigenvalue weighted by Crippen LogP contribution is 2.27. The molecule has 2 N–H and O–H groups in total. The molecule has 1 saturated heterocycles. The Hall–Kier alpha value is -2.28. The summed E-state index contributed by atoms with van der Waals surface area (Å²) in [7, 11) is 0. The summed E-state index contributed by atoms with van der Waals surface area (Å²) in [6.45, 7) is 5.08. The minimum absolute atomic E-state index is 0.0525. The predicted molar refractivity (Wildman–Crippen MR) is 90.2 cm³/mol. The topological polar surface area (TPSA) is 92.8 Å². The van der Waals surface area contributed by atoms with E-state index in [0.717, 1.165) is 30.7 Å². The number of carbonyl (C=O) groups is 1. The number of carbonyl (C=O) groups excluding carboxylic acids is 1. The van der Waals surface area contributed by atoms with E-state index in [4.69, 9.17) is 4.74 Å². The highest BCUT2D eigenvalue weighted by atomic mass is 16.5. The Morgan fingerprint density at radius 3 is 2.83 bits per heavy atom. The Bertz CT molecular complexity index is 654. The van der Waals surface area contributed by atoms with Crippen LogP contribution < -0.4 is 5.32 Å². The highest BCUT2D eigenvalue weighted by Gasteiger charge is 2.26. The van der Waals surface area contributed by atoms with Crippen LogP contribution in [0.4, 0.5) is 5.69 Å². The van der Waals surface area contributed by atoms with E-state index in [-0.39, 0.29) is 12.0 Å². The number of hydrogen-bond acceptors (Lipinski definition) is 5. The molecule has 1 amide bonds. The lowest BCUT2D eigenvalue weighted by atomic mass is 9.88. The maximum atomic E-state index is 12.3. The molecule has 0 unspecified atom stereocenters. The average molecular weight is 329 g/mol. The van der Waals surface area contributed by atoms with Crippen molar-refractivity contribution in [2.75, 3.05) is 11.9 Å². The fraction of sp³-hybridized carbons (Fsp3) is 0.529. The third kappa shape index (κ3) is 4.17. The average Bonchev–Trinajstić information content (AvgIpc) is 3.10. The first-order chi connectivity index (χ1) is 11.6. The Morgan fingerprint density at radius 1 is 1.38 bits per heavy atom. The van der Waals surface area contributed by atoms with E-state index >= 15 is 0 Å². The summed E-state index contributed by atoms with van der Waals surface area (Å²) < 4.78 is 5.77. The number of tetrazole rings is 1. The monoisotopic (exact) mass is 329 g/mol. The van der Waals surface area contributed by atoms with Gasteiger partial charge in [0.15, 0.2) is 0 Å². The minimum atomic E-state index is 0.0525. The van der Waals surface area contributed by atoms with Crippen molar-refractivity contribution < 1.29 is 9.53 Å². The van der Waals surface area contributed by atoms with Crippen molar-refractivity contribution in [3.05, 3.63) is 24.3 Å². The van der Waals surface area contributed by atoms with E-state index in [2.05, 4.69) is 39.8 Å². The minimum Gasteiger partial charge on any atom is -0.378 e. The molecule has 3 rings (SSSR count). The van der Waals surface area contributed by atoms with Crippen LogP contribution in [0.3, 0.4) is 0 Å². The second-order valence-corrected chi connectivity index (χ2v) is 6.61. The Kier molecular flexibility index (Phi) is 5.20. The number of anilines is 1. The van der Waals surface area contributed by atoms with Crippen LogP contribution in [0.25, 0.3) is 11.4 Å². The molecule has 2 aromatic rings. The van der Waals surface area contributed by atoms with E-state index in [1.807, 2.05) is 24.3 Å². The van der Waals surface area contributed by atoms with Gasteiger partial charge in [-0.3, -0.25) is 4.79 Å². The van der Waals surface area contributed by atoms with E-state index in [0.29, 0.717) is 24.1 Å². The fourth-order valence-electron chi connectivity index (χ4n) is 3.01. The number of nitrogens with zero attached hydrogens (tertiary/aromatic N) is 3. The van der Waals surface area contributed by atoms with Crippen molar-refractivity contribution in [1.29, 1.82) is 0 Å². The van der Waals surface area contributed by atoms with Gasteiger partial charge >= 0.3 is 0 Å². The van der Waals surface area contributed by atoms with Gasteiger partial charge < -0.3 is 10.1 Å². The molecule has 0 spiro atoms. The van der Waals surface area contributed by atoms with Gasteiger partial charge in [0, 0.05) is 24.3 Å². The molecule has 0 aliphatic carbocycles. The molecule has 2 atom stereocenters. The molecule has 1 aliphatic rings. The standard InChI is InChI=1S/C17H23N5O2/c1-11(2)15-9-12(7-8-24-15)10-16(23)18-14-5-3-13(4-6-14)17-19-21-22-20-17/h3-6,11-12,15H,7-10H2,1-2H3,(H,18,23)(H,19,20,21,22)/t12-,15-/m0/s1. The zero-order chi connectivity index (χ0) is 16.9. The second kappa shape index (κ2) is 7.53. The van der Waals surface area contributed by atoms with Gasteiger partial charge in [-0.2, -0.15) is 5.21 Å². The molecule has 7 heteroatoms. The van der Waals surface area contributed by atoms with Crippen LogP contribution in [0.15, 0.2) is 24.3 Å². The number of hydrogen-bond donors (Lipinski definition) is 2. The molecule has 0 radical (unpaired) electrons. The van der Waals surface area contributed by atoms with Gasteiger partial charge in [0.2, 0.25) is 11.7 Å². The maximum absolute atomic E-state index is 12.3. The Balaban J connectivity index is 1.53. The Labute approximate surface area is 141 Å². The van der Waals surface area contributed by atoms with Gasteiger partial charge in [0.25, 0.3) is 0 Å². The summed E-state index contributed by atoms with van der Waals surface area (Å²) >= 11 is 0. The number of amides is 1. The van der Waals surface area contributed by atoms with E-state index in [1.165, 1.54) is 0 Å². The van der Waals surface area contributed by atoms with Gasteiger partial charge in [-0.15, -0.1) is 10.2 Å². The molecule has 24 heavy (non-hydrogen) atoms. The number of aromatic amines is 1. The summed E-state index contributed by atoms with van der Waals surface area (Å²) in [5.74, 6) is 1.48. The number of aromatic nitrogens is 4. The van der Waals surface area contributed by atoms with E-state index in [9.17, 15) is 4.79 Å². The normalized spacial score (nSPS) is 21.0. The lowest BCUT2D eigenvalue weighted by molar-refractivity contribution is -0.118. The highest BCUT2D eigenvalue weighted by molar-refractivity contribution is 5.91. The quantitative estimate of drug-likeness (QED) is 0.879. The van der Waals surface area contributed by atoms with Gasteiger partial charge in [0.05, 0.1) is 6.10 Å². The summed E-state index contributed by atoms with van der Waals surface area (Å²) in [6, 6.07) is 7.43. The van der Waals surface area contributed by atoms with Crippen LogP contribution in [0.2, 0.25) is 0 Å². The molecule has 128 valence electrons. The summed E-state index contributed by atoms with van der Waals surface area (Å²) in [4.78, 5) is 12.3. The smallest absolute Gasteiger partial charge is 0.224 e. The number of H-pyrrole nitrogens is 1. The molecule has 2 heterocycles. The van der Waals surface area contributed by atoms with E-state index in [1.54, 1.807) is 0 Å². The van der Waals surface area contributed by atoms with Crippen molar-refractivity contribution >= 4 is 11.6 Å². The second-order valence-electron chi connectivity index (χ2n) is 6.61. The molecule has 1 aliphatic heterocycles. The van der Waals surface area contributed by atoms with Crippen molar-refractivity contribution in [2.24, 2.45) is 11.8 Å². The first-order valence-corrected chi connectivity index (χ1v) is 8.37. The van der Waals surface area contributed by atoms with Crippen LogP contribution in [0.5, 0.6) is 0 Å². The van der Waals surface area contributed by atoms with Crippen molar-refractivity contribution in [3.8, 4) is 11.4 Å².